The van der Waals surface area contributed by atoms with Crippen LogP contribution in [0.2, 0.25) is 5.02 Å². The van der Waals surface area contributed by atoms with Crippen LogP contribution in [0, 0.1) is 5.82 Å². The Morgan fingerprint density at radius 1 is 1.44 bits per heavy atom. The van der Waals surface area contributed by atoms with E-state index in [1.165, 1.54) is 23.5 Å². The van der Waals surface area contributed by atoms with E-state index in [9.17, 15) is 9.50 Å². The zero-order valence-electron chi connectivity index (χ0n) is 7.95. The van der Waals surface area contributed by atoms with Crippen LogP contribution < -0.4 is 0 Å². The summed E-state index contributed by atoms with van der Waals surface area (Å²) in [7, 11) is 0. The number of aliphatic hydroxyl groups excluding tert-OH is 1. The lowest BCUT2D eigenvalue weighted by Gasteiger charge is -2.11. The van der Waals surface area contributed by atoms with Crippen molar-refractivity contribution in [1.82, 2.24) is 0 Å². The van der Waals surface area contributed by atoms with E-state index in [0.717, 1.165) is 0 Å². The fourth-order valence-corrected chi connectivity index (χ4v) is 2.56. The van der Waals surface area contributed by atoms with E-state index < -0.39 is 11.9 Å². The zero-order chi connectivity index (χ0) is 11.7. The third kappa shape index (κ3) is 2.30. The van der Waals surface area contributed by atoms with E-state index in [1.807, 2.05) is 11.4 Å². The Kier molecular flexibility index (Phi) is 3.64. The monoisotopic (exact) mass is 320 g/mol. The number of hydrogen-bond acceptors (Lipinski definition) is 2. The fraction of sp³-hybridized carbons (Fsp3) is 0.0909. The number of halogens is 3. The maximum absolute atomic E-state index is 13.6. The summed E-state index contributed by atoms with van der Waals surface area (Å²) in [4.78, 5) is 0.692. The summed E-state index contributed by atoms with van der Waals surface area (Å²) in [5, 5.41) is 12.2. The molecule has 1 N–H and O–H groups in total. The van der Waals surface area contributed by atoms with Crippen LogP contribution in [-0.2, 0) is 0 Å². The Labute approximate surface area is 110 Å². The van der Waals surface area contributed by atoms with Crippen molar-refractivity contribution in [3.63, 3.8) is 0 Å². The van der Waals surface area contributed by atoms with Crippen molar-refractivity contribution in [2.45, 2.75) is 6.10 Å². The molecule has 2 rings (SSSR count). The van der Waals surface area contributed by atoms with Gasteiger partial charge in [-0.2, -0.15) is 0 Å². The Bertz CT molecular complexity index is 501. The molecule has 1 aromatic carbocycles. The molecule has 0 aliphatic rings. The highest BCUT2D eigenvalue weighted by Crippen LogP contribution is 2.32. The smallest absolute Gasteiger partial charge is 0.130 e. The minimum atomic E-state index is -0.967. The molecule has 0 spiro atoms. The first-order valence-corrected chi connectivity index (χ1v) is 6.50. The van der Waals surface area contributed by atoms with Crippen molar-refractivity contribution < 1.29 is 9.50 Å². The van der Waals surface area contributed by atoms with Gasteiger partial charge >= 0.3 is 0 Å². The molecule has 0 saturated carbocycles. The van der Waals surface area contributed by atoms with Crippen LogP contribution in [0.3, 0.4) is 0 Å². The first-order chi connectivity index (χ1) is 7.59. The van der Waals surface area contributed by atoms with Crippen molar-refractivity contribution in [3.05, 3.63) is 55.4 Å². The lowest BCUT2D eigenvalue weighted by atomic mass is 10.1. The first-order valence-electron chi connectivity index (χ1n) is 4.45. The van der Waals surface area contributed by atoms with E-state index >= 15 is 0 Å². The van der Waals surface area contributed by atoms with Crippen LogP contribution in [-0.4, -0.2) is 5.11 Å². The predicted octanol–water partition coefficient (Wildman–Crippen LogP) is 4.38. The third-order valence-electron chi connectivity index (χ3n) is 2.15. The number of hydrogen-bond donors (Lipinski definition) is 1. The molecule has 0 aliphatic carbocycles. The minimum Gasteiger partial charge on any atom is -0.383 e. The molecule has 0 bridgehead atoms. The molecule has 1 aromatic heterocycles. The van der Waals surface area contributed by atoms with Gasteiger partial charge in [0.05, 0.1) is 5.02 Å². The molecular formula is C11H7BrClFOS. The van der Waals surface area contributed by atoms with Crippen LogP contribution in [0.25, 0.3) is 0 Å². The van der Waals surface area contributed by atoms with Gasteiger partial charge in [-0.1, -0.05) is 17.7 Å². The molecule has 0 aliphatic heterocycles. The number of aliphatic hydroxyl groups is 1. The molecule has 5 heteroatoms. The predicted molar refractivity (Wildman–Crippen MR) is 67.5 cm³/mol. The second-order valence-corrected chi connectivity index (χ2v) is 5.45. The van der Waals surface area contributed by atoms with Gasteiger partial charge in [0.1, 0.15) is 11.9 Å². The molecule has 0 radical (unpaired) electrons. The Morgan fingerprint density at radius 2 is 2.19 bits per heavy atom. The van der Waals surface area contributed by atoms with Gasteiger partial charge in [-0.05, 0) is 39.5 Å². The number of benzene rings is 1. The van der Waals surface area contributed by atoms with Crippen LogP contribution in [0.5, 0.6) is 0 Å². The maximum Gasteiger partial charge on any atom is 0.130 e. The minimum absolute atomic E-state index is 0.190. The topological polar surface area (TPSA) is 20.2 Å². The van der Waals surface area contributed by atoms with Gasteiger partial charge in [0.25, 0.3) is 0 Å². The summed E-state index contributed by atoms with van der Waals surface area (Å²) < 4.78 is 14.1. The summed E-state index contributed by atoms with van der Waals surface area (Å²) >= 11 is 10.4. The van der Waals surface area contributed by atoms with E-state index in [0.29, 0.717) is 14.4 Å². The second-order valence-electron chi connectivity index (χ2n) is 3.21. The van der Waals surface area contributed by atoms with Gasteiger partial charge in [0.2, 0.25) is 0 Å². The van der Waals surface area contributed by atoms with Gasteiger partial charge in [0.15, 0.2) is 0 Å². The summed E-state index contributed by atoms with van der Waals surface area (Å²) in [5.41, 5.74) is 0.190. The highest BCUT2D eigenvalue weighted by atomic mass is 79.9. The van der Waals surface area contributed by atoms with E-state index in [2.05, 4.69) is 15.9 Å². The quantitative estimate of drug-likeness (QED) is 0.814. The SMILES string of the molecule is OC(c1cccs1)c1cc(Cl)c(Br)cc1F. The number of thiophene rings is 1. The Balaban J connectivity index is 2.44. The van der Waals surface area contributed by atoms with Crippen molar-refractivity contribution >= 4 is 38.9 Å². The average Bonchev–Trinajstić information content (AvgIpc) is 2.75. The summed E-state index contributed by atoms with van der Waals surface area (Å²) in [6, 6.07) is 6.26. The van der Waals surface area contributed by atoms with E-state index in [1.54, 1.807) is 6.07 Å². The van der Waals surface area contributed by atoms with Crippen molar-refractivity contribution in [1.29, 1.82) is 0 Å². The average molecular weight is 322 g/mol. The molecule has 84 valence electrons. The molecule has 16 heavy (non-hydrogen) atoms. The van der Waals surface area contributed by atoms with E-state index in [4.69, 9.17) is 11.6 Å². The van der Waals surface area contributed by atoms with Crippen LogP contribution in [0.15, 0.2) is 34.1 Å². The molecule has 0 amide bonds. The van der Waals surface area contributed by atoms with Gasteiger partial charge in [-0.3, -0.25) is 0 Å². The standard InChI is InChI=1S/C11H7BrClFOS/c12-7-5-9(14)6(4-8(7)13)11(15)10-2-1-3-16-10/h1-5,11,15H. The maximum atomic E-state index is 13.6. The van der Waals surface area contributed by atoms with Gasteiger partial charge in [0, 0.05) is 14.9 Å². The van der Waals surface area contributed by atoms with Crippen molar-refractivity contribution in [2.75, 3.05) is 0 Å². The zero-order valence-corrected chi connectivity index (χ0v) is 11.1. The molecule has 1 nitrogen and oxygen atoms in total. The van der Waals surface area contributed by atoms with Crippen molar-refractivity contribution in [3.8, 4) is 0 Å². The molecule has 1 heterocycles. The molecule has 2 aromatic rings. The van der Waals surface area contributed by atoms with Gasteiger partial charge < -0.3 is 5.11 Å². The normalized spacial score (nSPS) is 12.8. The lowest BCUT2D eigenvalue weighted by molar-refractivity contribution is 0.218. The highest BCUT2D eigenvalue weighted by Gasteiger charge is 2.17. The first kappa shape index (κ1) is 12.0. The van der Waals surface area contributed by atoms with Crippen LogP contribution in [0.4, 0.5) is 4.39 Å². The summed E-state index contributed by atoms with van der Waals surface area (Å²) in [5.74, 6) is -0.475. The Morgan fingerprint density at radius 3 is 2.81 bits per heavy atom. The largest absolute Gasteiger partial charge is 0.383 e. The summed E-state index contributed by atoms with van der Waals surface area (Å²) in [6.45, 7) is 0. The van der Waals surface area contributed by atoms with Crippen LogP contribution in [0.1, 0.15) is 16.5 Å². The second kappa shape index (κ2) is 4.84. The third-order valence-corrected chi connectivity index (χ3v) is 4.27. The van der Waals surface area contributed by atoms with Gasteiger partial charge in [-0.25, -0.2) is 4.39 Å². The van der Waals surface area contributed by atoms with Gasteiger partial charge in [-0.15, -0.1) is 11.3 Å². The van der Waals surface area contributed by atoms with Crippen molar-refractivity contribution in [2.24, 2.45) is 0 Å². The molecular weight excluding hydrogens is 315 g/mol. The number of rotatable bonds is 2. The fourth-order valence-electron chi connectivity index (χ4n) is 1.35. The molecule has 0 fully saturated rings. The molecule has 1 unspecified atom stereocenters. The molecule has 1 atom stereocenters. The summed E-state index contributed by atoms with van der Waals surface area (Å²) in [6.07, 6.45) is -0.967. The molecule has 0 saturated heterocycles. The van der Waals surface area contributed by atoms with E-state index in [-0.39, 0.29) is 5.56 Å². The lowest BCUT2D eigenvalue weighted by Crippen LogP contribution is -2.00. The Hall–Kier alpha value is -0.420. The van der Waals surface area contributed by atoms with Crippen LogP contribution >= 0.6 is 38.9 Å². The highest BCUT2D eigenvalue weighted by molar-refractivity contribution is 9.10.